The zero-order valence-electron chi connectivity index (χ0n) is 11.8. The van der Waals surface area contributed by atoms with Gasteiger partial charge in [0.05, 0.1) is 0 Å². The van der Waals surface area contributed by atoms with E-state index in [4.69, 9.17) is 0 Å². The van der Waals surface area contributed by atoms with Crippen LogP contribution in [-0.2, 0) is 4.79 Å². The highest BCUT2D eigenvalue weighted by Gasteiger charge is 2.36. The predicted octanol–water partition coefficient (Wildman–Crippen LogP) is 4.41. The lowest BCUT2D eigenvalue weighted by atomic mass is 9.67. The summed E-state index contributed by atoms with van der Waals surface area (Å²) in [6, 6.07) is 10.2. The summed E-state index contributed by atoms with van der Waals surface area (Å²) < 4.78 is 0. The van der Waals surface area contributed by atoms with Crippen molar-refractivity contribution in [1.29, 1.82) is 0 Å². The Hall–Kier alpha value is -1.63. The van der Waals surface area contributed by atoms with Crippen molar-refractivity contribution < 1.29 is 4.79 Å². The van der Waals surface area contributed by atoms with Crippen molar-refractivity contribution in [2.24, 2.45) is 5.41 Å². The second-order valence-corrected chi connectivity index (χ2v) is 5.57. The topological polar surface area (TPSA) is 17.1 Å². The second-order valence-electron chi connectivity index (χ2n) is 5.57. The van der Waals surface area contributed by atoms with Crippen LogP contribution in [0.5, 0.6) is 0 Å². The van der Waals surface area contributed by atoms with Crippen LogP contribution in [0.2, 0.25) is 0 Å². The maximum absolute atomic E-state index is 12.3. The van der Waals surface area contributed by atoms with Gasteiger partial charge in [0.15, 0.2) is 5.78 Å². The summed E-state index contributed by atoms with van der Waals surface area (Å²) in [6.45, 7) is 10.4. The number of carbonyl (C=O) groups excluding carboxylic acids is 1. The molecule has 0 unspecified atom stereocenters. The van der Waals surface area contributed by atoms with Crippen LogP contribution in [0.4, 0.5) is 0 Å². The number of hydrogen-bond acceptors (Lipinski definition) is 1. The molecule has 1 aliphatic rings. The molecule has 1 heteroatoms. The van der Waals surface area contributed by atoms with Crippen molar-refractivity contribution >= 4 is 11.4 Å². The molecular formula is C17H20O. The highest BCUT2D eigenvalue weighted by molar-refractivity contribution is 6.15. The van der Waals surface area contributed by atoms with Crippen molar-refractivity contribution in [2.45, 2.75) is 34.6 Å². The lowest BCUT2D eigenvalue weighted by Gasteiger charge is -2.36. The van der Waals surface area contributed by atoms with Crippen molar-refractivity contribution in [3.05, 3.63) is 52.6 Å². The van der Waals surface area contributed by atoms with E-state index in [0.717, 1.165) is 22.3 Å². The Bertz CT molecular complexity index is 557. The normalized spacial score (nSPS) is 19.5. The summed E-state index contributed by atoms with van der Waals surface area (Å²) in [5.41, 5.74) is 5.20. The molecular weight excluding hydrogens is 220 g/mol. The van der Waals surface area contributed by atoms with E-state index in [1.54, 1.807) is 0 Å². The Labute approximate surface area is 109 Å². The van der Waals surface area contributed by atoms with Crippen molar-refractivity contribution in [3.63, 3.8) is 0 Å². The van der Waals surface area contributed by atoms with Gasteiger partial charge in [-0.25, -0.2) is 0 Å². The number of hydrogen-bond donors (Lipinski definition) is 0. The summed E-state index contributed by atoms with van der Waals surface area (Å²) in [6.07, 6.45) is 0. The van der Waals surface area contributed by atoms with Gasteiger partial charge in [-0.1, -0.05) is 49.8 Å². The Morgan fingerprint density at radius 3 is 2.00 bits per heavy atom. The summed E-state index contributed by atoms with van der Waals surface area (Å²) >= 11 is 0. The minimum Gasteiger partial charge on any atom is -0.289 e. The third kappa shape index (κ3) is 1.74. The van der Waals surface area contributed by atoms with Gasteiger partial charge in [-0.3, -0.25) is 4.79 Å². The quantitative estimate of drug-likeness (QED) is 0.710. The molecule has 0 aromatic heterocycles. The molecule has 1 aromatic rings. The van der Waals surface area contributed by atoms with Crippen molar-refractivity contribution in [1.82, 2.24) is 0 Å². The summed E-state index contributed by atoms with van der Waals surface area (Å²) in [5, 5.41) is 0. The third-order valence-electron chi connectivity index (χ3n) is 4.24. The Morgan fingerprint density at radius 2 is 1.44 bits per heavy atom. The largest absolute Gasteiger partial charge is 0.289 e. The third-order valence-corrected chi connectivity index (χ3v) is 4.24. The molecule has 94 valence electrons. The van der Waals surface area contributed by atoms with Gasteiger partial charge in [0.2, 0.25) is 0 Å². The smallest absolute Gasteiger partial charge is 0.184 e. The van der Waals surface area contributed by atoms with Gasteiger partial charge in [-0.15, -0.1) is 0 Å². The monoisotopic (exact) mass is 240 g/mol. The van der Waals surface area contributed by atoms with Gasteiger partial charge >= 0.3 is 0 Å². The second kappa shape index (κ2) is 4.24. The number of allylic oxidation sites excluding steroid dienone is 4. The first-order chi connectivity index (χ1) is 8.37. The highest BCUT2D eigenvalue weighted by Crippen LogP contribution is 2.47. The molecule has 2 rings (SSSR count). The molecule has 0 radical (unpaired) electrons. The van der Waals surface area contributed by atoms with E-state index in [-0.39, 0.29) is 11.2 Å². The maximum atomic E-state index is 12.3. The van der Waals surface area contributed by atoms with Crippen LogP contribution in [0.3, 0.4) is 0 Å². The molecule has 1 nitrogen and oxygen atoms in total. The number of Topliss-reactive ketones (excluding diaryl/α,β-unsaturated/α-hetero) is 1. The molecule has 0 amide bonds. The molecule has 0 saturated carbocycles. The average molecular weight is 240 g/mol. The fourth-order valence-electron chi connectivity index (χ4n) is 2.87. The molecule has 0 spiro atoms. The molecule has 1 aliphatic carbocycles. The summed E-state index contributed by atoms with van der Waals surface area (Å²) in [4.78, 5) is 12.3. The first-order valence-electron chi connectivity index (χ1n) is 6.36. The molecule has 0 bridgehead atoms. The van der Waals surface area contributed by atoms with E-state index in [0.29, 0.717) is 0 Å². The van der Waals surface area contributed by atoms with Gasteiger partial charge < -0.3 is 0 Å². The van der Waals surface area contributed by atoms with E-state index in [1.165, 1.54) is 5.57 Å². The first-order valence-corrected chi connectivity index (χ1v) is 6.36. The minimum atomic E-state index is -0.0799. The SMILES string of the molecule is CC1=C(C)C(C)(C)C(c2ccccc2)=C(C)C1=O. The predicted molar refractivity (Wildman–Crippen MR) is 76.2 cm³/mol. The van der Waals surface area contributed by atoms with Gasteiger partial charge in [0.25, 0.3) is 0 Å². The zero-order valence-corrected chi connectivity index (χ0v) is 11.8. The average Bonchev–Trinajstić information content (AvgIpc) is 2.35. The van der Waals surface area contributed by atoms with Crippen LogP contribution in [0.25, 0.3) is 5.57 Å². The lowest BCUT2D eigenvalue weighted by molar-refractivity contribution is -0.112. The maximum Gasteiger partial charge on any atom is 0.184 e. The van der Waals surface area contributed by atoms with Gasteiger partial charge in [-0.2, -0.15) is 0 Å². The van der Waals surface area contributed by atoms with Crippen LogP contribution in [0.15, 0.2) is 47.1 Å². The van der Waals surface area contributed by atoms with Crippen LogP contribution in [-0.4, -0.2) is 5.78 Å². The van der Waals surface area contributed by atoms with Crippen molar-refractivity contribution in [3.8, 4) is 0 Å². The molecule has 1 aromatic carbocycles. The molecule has 0 saturated heterocycles. The Kier molecular flexibility index (Phi) is 3.02. The van der Waals surface area contributed by atoms with Gasteiger partial charge in [0.1, 0.15) is 0 Å². The molecule has 0 fully saturated rings. The van der Waals surface area contributed by atoms with Crippen LogP contribution >= 0.6 is 0 Å². The fraction of sp³-hybridized carbons (Fsp3) is 0.353. The molecule has 0 heterocycles. The van der Waals surface area contributed by atoms with E-state index >= 15 is 0 Å². The number of ketones is 1. The summed E-state index contributed by atoms with van der Waals surface area (Å²) in [5.74, 6) is 0.186. The highest BCUT2D eigenvalue weighted by atomic mass is 16.1. The standard InChI is InChI=1S/C17H20O/c1-11-13(3)17(4,5)15(12(2)16(11)18)14-9-7-6-8-10-14/h6-10H,1-5H3. The van der Waals surface area contributed by atoms with E-state index in [1.807, 2.05) is 32.0 Å². The Morgan fingerprint density at radius 1 is 0.889 bits per heavy atom. The lowest BCUT2D eigenvalue weighted by Crippen LogP contribution is -2.26. The van der Waals surface area contributed by atoms with Gasteiger partial charge in [0, 0.05) is 11.0 Å². The van der Waals surface area contributed by atoms with Crippen LogP contribution in [0.1, 0.15) is 40.2 Å². The Balaban J connectivity index is 2.69. The minimum absolute atomic E-state index is 0.0799. The van der Waals surface area contributed by atoms with E-state index < -0.39 is 0 Å². The summed E-state index contributed by atoms with van der Waals surface area (Å²) in [7, 11) is 0. The molecule has 0 aliphatic heterocycles. The van der Waals surface area contributed by atoms with E-state index in [2.05, 4.69) is 32.9 Å². The first kappa shape index (κ1) is 12.8. The molecule has 0 atom stereocenters. The molecule has 0 N–H and O–H groups in total. The van der Waals surface area contributed by atoms with Crippen molar-refractivity contribution in [2.75, 3.05) is 0 Å². The van der Waals surface area contributed by atoms with Crippen LogP contribution in [0, 0.1) is 5.41 Å². The number of carbonyl (C=O) groups is 1. The zero-order chi connectivity index (χ0) is 13.5. The van der Waals surface area contributed by atoms with Gasteiger partial charge in [-0.05, 0) is 37.5 Å². The molecule has 18 heavy (non-hydrogen) atoms. The van der Waals surface area contributed by atoms with E-state index in [9.17, 15) is 4.79 Å². The number of benzene rings is 1. The number of rotatable bonds is 1. The fourth-order valence-corrected chi connectivity index (χ4v) is 2.87. The van der Waals surface area contributed by atoms with Crippen LogP contribution < -0.4 is 0 Å².